The Kier molecular flexibility index (Phi) is 5.00. The van der Waals surface area contributed by atoms with Crippen molar-refractivity contribution in [3.63, 3.8) is 0 Å². The molecule has 0 aliphatic rings. The monoisotopic (exact) mass is 355 g/mol. The molecule has 0 aliphatic carbocycles. The number of hydrogen-bond acceptors (Lipinski definition) is 3. The fourth-order valence-electron chi connectivity index (χ4n) is 2.16. The quantitative estimate of drug-likeness (QED) is 0.889. The molecule has 0 saturated carbocycles. The molecule has 1 heterocycles. The summed E-state index contributed by atoms with van der Waals surface area (Å²) in [5.41, 5.74) is 8.40. The van der Waals surface area contributed by atoms with Gasteiger partial charge < -0.3 is 10.5 Å². The largest absolute Gasteiger partial charge is 0.487 e. The molecule has 2 aromatic rings. The van der Waals surface area contributed by atoms with Crippen LogP contribution in [0, 0.1) is 12.7 Å². The van der Waals surface area contributed by atoms with E-state index < -0.39 is 0 Å². The Balaban J connectivity index is 2.25. The van der Waals surface area contributed by atoms with Crippen LogP contribution >= 0.6 is 15.9 Å². The lowest BCUT2D eigenvalue weighted by atomic mass is 10.1. The summed E-state index contributed by atoms with van der Waals surface area (Å²) in [5.74, 6) is 0.282. The number of aryl methyl sites for hydroxylation is 2. The molecule has 114 valence electrons. The van der Waals surface area contributed by atoms with E-state index in [1.807, 2.05) is 18.5 Å². The molecule has 0 bridgehead atoms. The fourth-order valence-corrected chi connectivity index (χ4v) is 2.56. The first-order chi connectivity index (χ1) is 9.93. The maximum absolute atomic E-state index is 13.3. The van der Waals surface area contributed by atoms with Crippen molar-refractivity contribution in [3.05, 3.63) is 45.4 Å². The molecule has 0 unspecified atom stereocenters. The van der Waals surface area contributed by atoms with Crippen LogP contribution in [0.25, 0.3) is 0 Å². The third-order valence-electron chi connectivity index (χ3n) is 3.28. The minimum atomic E-state index is -0.315. The van der Waals surface area contributed by atoms with Gasteiger partial charge >= 0.3 is 0 Å². The first-order valence-corrected chi connectivity index (χ1v) is 7.63. The highest BCUT2D eigenvalue weighted by Crippen LogP contribution is 2.27. The number of aromatic nitrogens is 2. The van der Waals surface area contributed by atoms with Gasteiger partial charge in [-0.25, -0.2) is 4.39 Å². The van der Waals surface area contributed by atoms with Crippen molar-refractivity contribution in [2.75, 3.05) is 0 Å². The smallest absolute Gasteiger partial charge is 0.131 e. The number of hydrogen-bond donors (Lipinski definition) is 1. The second-order valence-corrected chi connectivity index (χ2v) is 5.71. The highest BCUT2D eigenvalue weighted by atomic mass is 79.9. The van der Waals surface area contributed by atoms with Crippen molar-refractivity contribution < 1.29 is 9.13 Å². The third kappa shape index (κ3) is 3.44. The van der Waals surface area contributed by atoms with Crippen LogP contribution in [-0.2, 0) is 13.2 Å². The third-order valence-corrected chi connectivity index (χ3v) is 4.31. The molecule has 1 aromatic heterocycles. The lowest BCUT2D eigenvalue weighted by molar-refractivity contribution is 0.287. The molecular weight excluding hydrogens is 337 g/mol. The molecule has 2 rings (SSSR count). The molecule has 0 aliphatic heterocycles. The molecule has 0 saturated heterocycles. The van der Waals surface area contributed by atoms with Crippen LogP contribution in [0.15, 0.2) is 22.7 Å². The van der Waals surface area contributed by atoms with Crippen molar-refractivity contribution >= 4 is 15.9 Å². The minimum Gasteiger partial charge on any atom is -0.487 e. The van der Waals surface area contributed by atoms with Gasteiger partial charge in [0.05, 0.1) is 15.9 Å². The maximum Gasteiger partial charge on any atom is 0.131 e. The molecule has 0 fully saturated rings. The molecule has 21 heavy (non-hydrogen) atoms. The van der Waals surface area contributed by atoms with Gasteiger partial charge in [0.15, 0.2) is 0 Å². The first kappa shape index (κ1) is 16.0. The van der Waals surface area contributed by atoms with E-state index in [-0.39, 0.29) is 11.9 Å². The topological polar surface area (TPSA) is 53.1 Å². The number of rotatable bonds is 5. The van der Waals surface area contributed by atoms with Crippen LogP contribution in [0.4, 0.5) is 4.39 Å². The van der Waals surface area contributed by atoms with Crippen molar-refractivity contribution in [2.24, 2.45) is 5.73 Å². The average Bonchev–Trinajstić information content (AvgIpc) is 2.72. The Morgan fingerprint density at radius 2 is 2.19 bits per heavy atom. The van der Waals surface area contributed by atoms with Gasteiger partial charge in [-0.3, -0.25) is 4.68 Å². The summed E-state index contributed by atoms with van der Waals surface area (Å²) in [6, 6.07) is 4.11. The second kappa shape index (κ2) is 6.58. The molecule has 0 radical (unpaired) electrons. The Hall–Kier alpha value is -1.40. The zero-order valence-corrected chi connectivity index (χ0v) is 13.9. The summed E-state index contributed by atoms with van der Waals surface area (Å²) in [6.45, 7) is 6.87. The first-order valence-electron chi connectivity index (χ1n) is 6.83. The van der Waals surface area contributed by atoms with E-state index in [1.54, 1.807) is 13.0 Å². The average molecular weight is 356 g/mol. The number of nitrogens with two attached hydrogens (primary N) is 1. The van der Waals surface area contributed by atoms with Crippen LogP contribution in [0.5, 0.6) is 5.75 Å². The van der Waals surface area contributed by atoms with Crippen LogP contribution in [0.2, 0.25) is 0 Å². The Morgan fingerprint density at radius 3 is 2.81 bits per heavy atom. The molecule has 1 aromatic carbocycles. The highest BCUT2D eigenvalue weighted by molar-refractivity contribution is 9.10. The van der Waals surface area contributed by atoms with Gasteiger partial charge in [-0.05, 0) is 54.9 Å². The standard InChI is InChI=1S/C15H19BrFN3O/c1-4-20-13(15(16)10(3)19-20)8-21-14-6-5-11(17)7-12(14)9(2)18/h5-7,9H,4,8,18H2,1-3H3/t9-/m0/s1. The summed E-state index contributed by atoms with van der Waals surface area (Å²) in [6.07, 6.45) is 0. The van der Waals surface area contributed by atoms with Gasteiger partial charge in [0.25, 0.3) is 0 Å². The molecule has 4 nitrogen and oxygen atoms in total. The van der Waals surface area contributed by atoms with E-state index in [0.717, 1.165) is 22.4 Å². The number of halogens is 2. The van der Waals surface area contributed by atoms with Gasteiger partial charge in [0.2, 0.25) is 0 Å². The van der Waals surface area contributed by atoms with Crippen LogP contribution < -0.4 is 10.5 Å². The zero-order valence-electron chi connectivity index (χ0n) is 12.4. The summed E-state index contributed by atoms with van der Waals surface area (Å²) in [5, 5.41) is 4.42. The zero-order chi connectivity index (χ0) is 15.6. The number of nitrogens with zero attached hydrogens (tertiary/aromatic N) is 2. The van der Waals surface area contributed by atoms with E-state index in [2.05, 4.69) is 21.0 Å². The minimum absolute atomic E-state index is 0.294. The van der Waals surface area contributed by atoms with Crippen molar-refractivity contribution in [1.82, 2.24) is 9.78 Å². The van der Waals surface area contributed by atoms with E-state index in [1.165, 1.54) is 12.1 Å². The SMILES string of the molecule is CCn1nc(C)c(Br)c1COc1ccc(F)cc1[C@H](C)N. The van der Waals surface area contributed by atoms with Gasteiger partial charge in [-0.1, -0.05) is 0 Å². The Morgan fingerprint density at radius 1 is 1.48 bits per heavy atom. The molecule has 2 N–H and O–H groups in total. The molecule has 0 amide bonds. The predicted molar refractivity (Wildman–Crippen MR) is 83.7 cm³/mol. The van der Waals surface area contributed by atoms with E-state index in [9.17, 15) is 4.39 Å². The molecular formula is C15H19BrFN3O. The summed E-state index contributed by atoms with van der Waals surface area (Å²) < 4.78 is 22.0. The van der Waals surface area contributed by atoms with Crippen molar-refractivity contribution in [2.45, 2.75) is 40.0 Å². The van der Waals surface area contributed by atoms with Crippen molar-refractivity contribution in [1.29, 1.82) is 0 Å². The molecule has 0 spiro atoms. The lowest BCUT2D eigenvalue weighted by Crippen LogP contribution is -2.11. The number of benzene rings is 1. The second-order valence-electron chi connectivity index (χ2n) is 4.92. The summed E-state index contributed by atoms with van der Waals surface area (Å²) >= 11 is 3.53. The lowest BCUT2D eigenvalue weighted by Gasteiger charge is -2.14. The molecule has 6 heteroatoms. The van der Waals surface area contributed by atoms with Gasteiger partial charge in [-0.15, -0.1) is 0 Å². The maximum atomic E-state index is 13.3. The predicted octanol–water partition coefficient (Wildman–Crippen LogP) is 3.71. The van der Waals surface area contributed by atoms with E-state index >= 15 is 0 Å². The Labute approximate surface area is 132 Å². The summed E-state index contributed by atoms with van der Waals surface area (Å²) in [7, 11) is 0. The Bertz CT molecular complexity index is 640. The van der Waals surface area contributed by atoms with E-state index in [4.69, 9.17) is 10.5 Å². The normalized spacial score (nSPS) is 12.5. The van der Waals surface area contributed by atoms with Crippen LogP contribution in [-0.4, -0.2) is 9.78 Å². The molecule has 1 atom stereocenters. The van der Waals surface area contributed by atoms with Crippen molar-refractivity contribution in [3.8, 4) is 5.75 Å². The van der Waals surface area contributed by atoms with E-state index in [0.29, 0.717) is 17.9 Å². The van der Waals surface area contributed by atoms with Gasteiger partial charge in [0, 0.05) is 18.2 Å². The van der Waals surface area contributed by atoms with Gasteiger partial charge in [-0.2, -0.15) is 5.10 Å². The highest BCUT2D eigenvalue weighted by Gasteiger charge is 2.15. The number of ether oxygens (including phenoxy) is 1. The summed E-state index contributed by atoms with van der Waals surface area (Å²) in [4.78, 5) is 0. The van der Waals surface area contributed by atoms with Gasteiger partial charge in [0.1, 0.15) is 18.2 Å². The van der Waals surface area contributed by atoms with Crippen LogP contribution in [0.1, 0.15) is 36.8 Å². The van der Waals surface area contributed by atoms with Crippen LogP contribution in [0.3, 0.4) is 0 Å². The fraction of sp³-hybridized carbons (Fsp3) is 0.400.